The Morgan fingerprint density at radius 3 is 2.28 bits per heavy atom. The first-order valence-electron chi connectivity index (χ1n) is 13.4. The molecule has 2 saturated heterocycles. The fourth-order valence-corrected chi connectivity index (χ4v) is 5.20. The van der Waals surface area contributed by atoms with Gasteiger partial charge in [-0.15, -0.1) is 0 Å². The van der Waals surface area contributed by atoms with Crippen molar-refractivity contribution in [1.29, 1.82) is 0 Å². The summed E-state index contributed by atoms with van der Waals surface area (Å²) in [5.74, 6) is 0.680. The van der Waals surface area contributed by atoms with Gasteiger partial charge in [-0.25, -0.2) is 14.8 Å². The molecule has 200 valence electrons. The number of benzene rings is 1. The zero-order chi connectivity index (χ0) is 26.8. The molecule has 4 aromatic rings. The summed E-state index contributed by atoms with van der Waals surface area (Å²) in [4.78, 5) is 50.8. The topological polar surface area (TPSA) is 102 Å². The fraction of sp³-hybridized carbons (Fsp3) is 0.345. The molecule has 3 amide bonds. The molecule has 5 heterocycles. The van der Waals surface area contributed by atoms with Gasteiger partial charge in [0, 0.05) is 82.1 Å². The van der Waals surface area contributed by atoms with Gasteiger partial charge in [-0.1, -0.05) is 12.1 Å². The SMILES string of the molecule is CN1CCN(C(=O)N2CCN(C(=O)c3cc4cc(Cc5nccc(-c6ccccn6)n5)ccc4[nH]3)CC2)CC1. The van der Waals surface area contributed by atoms with E-state index in [2.05, 4.69) is 37.9 Å². The Hall–Kier alpha value is -4.31. The smallest absolute Gasteiger partial charge is 0.320 e. The van der Waals surface area contributed by atoms with Crippen LogP contribution in [0.4, 0.5) is 4.79 Å². The highest BCUT2D eigenvalue weighted by Crippen LogP contribution is 2.21. The molecule has 0 aliphatic carbocycles. The van der Waals surface area contributed by atoms with Crippen LogP contribution in [0.1, 0.15) is 21.9 Å². The summed E-state index contributed by atoms with van der Waals surface area (Å²) < 4.78 is 0. The lowest BCUT2D eigenvalue weighted by Gasteiger charge is -2.39. The van der Waals surface area contributed by atoms with Gasteiger partial charge in [-0.05, 0) is 49.0 Å². The van der Waals surface area contributed by atoms with Gasteiger partial charge >= 0.3 is 6.03 Å². The molecule has 0 unspecified atom stereocenters. The number of pyridine rings is 1. The molecule has 3 aromatic heterocycles. The second kappa shape index (κ2) is 10.8. The maximum absolute atomic E-state index is 13.3. The maximum Gasteiger partial charge on any atom is 0.320 e. The van der Waals surface area contributed by atoms with Crippen LogP contribution in [0.2, 0.25) is 0 Å². The quantitative estimate of drug-likeness (QED) is 0.441. The number of rotatable bonds is 4. The molecule has 2 fully saturated rings. The zero-order valence-electron chi connectivity index (χ0n) is 22.1. The summed E-state index contributed by atoms with van der Waals surface area (Å²) in [5, 5.41) is 0.973. The van der Waals surface area contributed by atoms with Crippen molar-refractivity contribution in [3.05, 3.63) is 78.0 Å². The second-order valence-electron chi connectivity index (χ2n) is 10.2. The van der Waals surface area contributed by atoms with Gasteiger partial charge in [0.2, 0.25) is 0 Å². The van der Waals surface area contributed by atoms with Crippen molar-refractivity contribution in [2.24, 2.45) is 0 Å². The van der Waals surface area contributed by atoms with Gasteiger partial charge in [0.1, 0.15) is 11.5 Å². The van der Waals surface area contributed by atoms with Crippen LogP contribution in [0.25, 0.3) is 22.3 Å². The van der Waals surface area contributed by atoms with Crippen molar-refractivity contribution in [2.45, 2.75) is 6.42 Å². The van der Waals surface area contributed by atoms with Crippen molar-refractivity contribution in [3.8, 4) is 11.4 Å². The number of hydrogen-bond donors (Lipinski definition) is 1. The minimum Gasteiger partial charge on any atom is -0.351 e. The third-order valence-electron chi connectivity index (χ3n) is 7.52. The molecule has 0 saturated carbocycles. The summed E-state index contributed by atoms with van der Waals surface area (Å²) in [7, 11) is 2.08. The van der Waals surface area contributed by atoms with Crippen LogP contribution in [0.15, 0.2) is 60.9 Å². The van der Waals surface area contributed by atoms with Crippen LogP contribution >= 0.6 is 0 Å². The molecule has 10 heteroatoms. The number of carbonyl (C=O) groups is 2. The van der Waals surface area contributed by atoms with Crippen molar-refractivity contribution < 1.29 is 9.59 Å². The lowest BCUT2D eigenvalue weighted by Crippen LogP contribution is -2.57. The van der Waals surface area contributed by atoms with E-state index in [1.807, 2.05) is 57.2 Å². The highest BCUT2D eigenvalue weighted by Gasteiger charge is 2.29. The molecular formula is C29H32N8O2. The van der Waals surface area contributed by atoms with E-state index in [0.717, 1.165) is 54.0 Å². The molecule has 0 radical (unpaired) electrons. The number of nitrogens with zero attached hydrogens (tertiary/aromatic N) is 7. The largest absolute Gasteiger partial charge is 0.351 e. The fourth-order valence-electron chi connectivity index (χ4n) is 5.20. The van der Waals surface area contributed by atoms with Crippen LogP contribution in [0.5, 0.6) is 0 Å². The molecular weight excluding hydrogens is 492 g/mol. The summed E-state index contributed by atoms with van der Waals surface area (Å²) >= 11 is 0. The predicted octanol–water partition coefficient (Wildman–Crippen LogP) is 2.74. The minimum absolute atomic E-state index is 0.0363. The lowest BCUT2D eigenvalue weighted by molar-refractivity contribution is 0.0615. The number of nitrogens with one attached hydrogen (secondary N) is 1. The number of fused-ring (bicyclic) bond motifs is 1. The molecule has 2 aliphatic rings. The van der Waals surface area contributed by atoms with Gasteiger partial charge in [0.25, 0.3) is 5.91 Å². The van der Waals surface area contributed by atoms with E-state index in [9.17, 15) is 9.59 Å². The Balaban J connectivity index is 1.09. The van der Waals surface area contributed by atoms with Gasteiger partial charge in [-0.2, -0.15) is 0 Å². The van der Waals surface area contributed by atoms with Gasteiger partial charge < -0.3 is 24.6 Å². The number of urea groups is 1. The summed E-state index contributed by atoms with van der Waals surface area (Å²) in [5.41, 5.74) is 4.15. The predicted molar refractivity (Wildman–Crippen MR) is 148 cm³/mol. The van der Waals surface area contributed by atoms with Crippen molar-refractivity contribution >= 4 is 22.8 Å². The maximum atomic E-state index is 13.3. The van der Waals surface area contributed by atoms with Crippen LogP contribution in [0.3, 0.4) is 0 Å². The van der Waals surface area contributed by atoms with E-state index < -0.39 is 0 Å². The molecule has 2 aliphatic heterocycles. The number of amides is 3. The van der Waals surface area contributed by atoms with Crippen LogP contribution < -0.4 is 0 Å². The molecule has 0 bridgehead atoms. The number of aromatic nitrogens is 4. The summed E-state index contributed by atoms with van der Waals surface area (Å²) in [6, 6.07) is 15.7. The Bertz CT molecular complexity index is 1470. The Morgan fingerprint density at radius 2 is 1.54 bits per heavy atom. The Labute approximate surface area is 227 Å². The summed E-state index contributed by atoms with van der Waals surface area (Å²) in [6.07, 6.45) is 4.09. The minimum atomic E-state index is -0.0363. The number of likely N-dealkylation sites (N-methyl/N-ethyl adjacent to an activating group) is 1. The highest BCUT2D eigenvalue weighted by atomic mass is 16.2. The lowest BCUT2D eigenvalue weighted by atomic mass is 10.1. The molecule has 10 nitrogen and oxygen atoms in total. The van der Waals surface area contributed by atoms with Gasteiger partial charge in [-0.3, -0.25) is 9.78 Å². The number of hydrogen-bond acceptors (Lipinski definition) is 6. The van der Waals surface area contributed by atoms with E-state index >= 15 is 0 Å². The molecule has 6 rings (SSSR count). The van der Waals surface area contributed by atoms with Crippen LogP contribution in [0, 0.1) is 0 Å². The molecule has 1 N–H and O–H groups in total. The van der Waals surface area contributed by atoms with E-state index in [1.165, 1.54) is 0 Å². The standard InChI is InChI=1S/C29H32N8O2/c1-34-10-12-36(13-11-34)29(39)37-16-14-35(15-17-37)28(38)26-20-22-18-21(5-6-23(22)32-26)19-27-31-9-7-25(33-27)24-4-2-3-8-30-24/h2-9,18,20,32H,10-17,19H2,1H3. The number of H-pyrrole nitrogens is 1. The van der Waals surface area contributed by atoms with Crippen molar-refractivity contribution in [3.63, 3.8) is 0 Å². The number of carbonyl (C=O) groups excluding carboxylic acids is 2. The molecule has 0 atom stereocenters. The van der Waals surface area contributed by atoms with Crippen LogP contribution in [-0.2, 0) is 6.42 Å². The first-order chi connectivity index (χ1) is 19.0. The average Bonchev–Trinajstić information content (AvgIpc) is 3.41. The van der Waals surface area contributed by atoms with E-state index in [1.54, 1.807) is 12.4 Å². The summed E-state index contributed by atoms with van der Waals surface area (Å²) in [6.45, 7) is 5.48. The van der Waals surface area contributed by atoms with Crippen molar-refractivity contribution in [2.75, 3.05) is 59.4 Å². The first kappa shape index (κ1) is 25.0. The number of aromatic amines is 1. The molecule has 1 aromatic carbocycles. The van der Waals surface area contributed by atoms with E-state index in [-0.39, 0.29) is 11.9 Å². The zero-order valence-corrected chi connectivity index (χ0v) is 22.1. The monoisotopic (exact) mass is 524 g/mol. The third-order valence-corrected chi connectivity index (χ3v) is 7.52. The third kappa shape index (κ3) is 5.46. The van der Waals surface area contributed by atoms with Crippen LogP contribution in [-0.4, -0.2) is 111 Å². The van der Waals surface area contributed by atoms with Crippen molar-refractivity contribution in [1.82, 2.24) is 39.5 Å². The Kier molecular flexibility index (Phi) is 6.93. The number of piperazine rings is 2. The van der Waals surface area contributed by atoms with Gasteiger partial charge in [0.05, 0.1) is 11.4 Å². The normalized spacial score (nSPS) is 16.6. The van der Waals surface area contributed by atoms with E-state index in [0.29, 0.717) is 44.1 Å². The van der Waals surface area contributed by atoms with E-state index in [4.69, 9.17) is 0 Å². The van der Waals surface area contributed by atoms with Gasteiger partial charge in [0.15, 0.2) is 0 Å². The molecule has 39 heavy (non-hydrogen) atoms. The first-order valence-corrected chi connectivity index (χ1v) is 13.4. The average molecular weight is 525 g/mol. The Morgan fingerprint density at radius 1 is 0.795 bits per heavy atom. The molecule has 0 spiro atoms. The second-order valence-corrected chi connectivity index (χ2v) is 10.2. The highest BCUT2D eigenvalue weighted by molar-refractivity contribution is 5.98.